The van der Waals surface area contributed by atoms with Gasteiger partial charge in [-0.25, -0.2) is 8.42 Å². The van der Waals surface area contributed by atoms with Crippen LogP contribution in [0.2, 0.25) is 0 Å². The smallest absolute Gasteiger partial charge is 0.264 e. The van der Waals surface area contributed by atoms with E-state index in [2.05, 4.69) is 5.32 Å². The van der Waals surface area contributed by atoms with Crippen molar-refractivity contribution in [3.05, 3.63) is 89.5 Å². The fraction of sp³-hybridized carbons (Fsp3) is 0.355. The molecule has 0 radical (unpaired) electrons. The van der Waals surface area contributed by atoms with Gasteiger partial charge in [0.2, 0.25) is 11.8 Å². The van der Waals surface area contributed by atoms with Crippen molar-refractivity contribution in [3.63, 3.8) is 0 Å². The first kappa shape index (κ1) is 30.7. The van der Waals surface area contributed by atoms with E-state index in [9.17, 15) is 18.0 Å². The van der Waals surface area contributed by atoms with Gasteiger partial charge in [0.15, 0.2) is 0 Å². The van der Waals surface area contributed by atoms with Crippen molar-refractivity contribution >= 4 is 27.5 Å². The highest BCUT2D eigenvalue weighted by Crippen LogP contribution is 2.26. The normalized spacial score (nSPS) is 12.1. The molecular weight excluding hydrogens is 526 g/mol. The Morgan fingerprint density at radius 1 is 0.900 bits per heavy atom. The van der Waals surface area contributed by atoms with E-state index in [1.807, 2.05) is 58.9 Å². The van der Waals surface area contributed by atoms with E-state index in [4.69, 9.17) is 4.74 Å². The Hall–Kier alpha value is -3.85. The maximum absolute atomic E-state index is 14.0. The van der Waals surface area contributed by atoms with E-state index in [1.165, 1.54) is 17.0 Å². The topological polar surface area (TPSA) is 96.0 Å². The number of amides is 2. The quantitative estimate of drug-likeness (QED) is 0.339. The number of sulfonamides is 1. The van der Waals surface area contributed by atoms with Crippen LogP contribution in [0.1, 0.15) is 44.4 Å². The lowest BCUT2D eigenvalue weighted by atomic mass is 10.1. The molecule has 1 atom stereocenters. The lowest BCUT2D eigenvalue weighted by molar-refractivity contribution is -0.139. The van der Waals surface area contributed by atoms with Crippen LogP contribution in [0.5, 0.6) is 5.75 Å². The molecule has 0 bridgehead atoms. The Labute approximate surface area is 238 Å². The Bertz CT molecular complexity index is 1400. The van der Waals surface area contributed by atoms with Gasteiger partial charge in [-0.2, -0.15) is 0 Å². The summed E-state index contributed by atoms with van der Waals surface area (Å²) < 4.78 is 34.4. The molecule has 0 heterocycles. The Morgan fingerprint density at radius 2 is 1.55 bits per heavy atom. The zero-order chi connectivity index (χ0) is 29.4. The largest absolute Gasteiger partial charge is 0.494 e. The molecule has 40 heavy (non-hydrogen) atoms. The first-order valence-electron chi connectivity index (χ1n) is 13.4. The van der Waals surface area contributed by atoms with Crippen molar-refractivity contribution in [2.75, 3.05) is 17.5 Å². The fourth-order valence-corrected chi connectivity index (χ4v) is 5.65. The van der Waals surface area contributed by atoms with Crippen LogP contribution in [0.25, 0.3) is 0 Å². The van der Waals surface area contributed by atoms with E-state index in [1.54, 1.807) is 43.3 Å². The van der Waals surface area contributed by atoms with Crippen LogP contribution in [0.3, 0.4) is 0 Å². The van der Waals surface area contributed by atoms with Crippen molar-refractivity contribution < 1.29 is 22.7 Å². The summed E-state index contributed by atoms with van der Waals surface area (Å²) >= 11 is 0. The molecule has 3 aromatic rings. The highest BCUT2D eigenvalue weighted by Gasteiger charge is 2.32. The lowest BCUT2D eigenvalue weighted by Gasteiger charge is -2.32. The van der Waals surface area contributed by atoms with Gasteiger partial charge in [0, 0.05) is 12.6 Å². The summed E-state index contributed by atoms with van der Waals surface area (Å²) in [7, 11) is -4.14. The summed E-state index contributed by atoms with van der Waals surface area (Å²) in [5, 5.41) is 2.86. The highest BCUT2D eigenvalue weighted by atomic mass is 32.2. The molecule has 214 valence electrons. The molecule has 0 unspecified atom stereocenters. The Morgan fingerprint density at radius 3 is 2.12 bits per heavy atom. The molecule has 0 fully saturated rings. The molecule has 0 spiro atoms. The molecule has 8 nitrogen and oxygen atoms in total. The summed E-state index contributed by atoms with van der Waals surface area (Å²) in [6.45, 7) is 11.2. The SMILES string of the molecule is CCOc1ccc(S(=O)(=O)N(CC(=O)N(Cc2cccc(C)c2)[C@H](C)C(=O)NC(C)C)c2ccc(C)cc2)cc1. The van der Waals surface area contributed by atoms with E-state index in [-0.39, 0.29) is 23.4 Å². The number of benzene rings is 3. The standard InChI is InChI=1S/C31H39N3O5S/c1-7-39-28-15-17-29(18-16-28)40(37,38)34(27-13-11-23(4)12-14-27)21-30(35)33(25(6)31(36)32-22(2)3)20-26-10-8-9-24(5)19-26/h8-19,22,25H,7,20-21H2,1-6H3,(H,32,36)/t25-/m1/s1. The van der Waals surface area contributed by atoms with Crippen LogP contribution in [0.15, 0.2) is 77.7 Å². The molecule has 0 aromatic heterocycles. The van der Waals surface area contributed by atoms with Gasteiger partial charge in [-0.05, 0) is 83.5 Å². The van der Waals surface area contributed by atoms with Crippen molar-refractivity contribution in [2.45, 2.75) is 65.1 Å². The number of ether oxygens (including phenoxy) is 1. The van der Waals surface area contributed by atoms with Crippen LogP contribution in [-0.4, -0.2) is 50.4 Å². The zero-order valence-electron chi connectivity index (χ0n) is 24.0. The van der Waals surface area contributed by atoms with Crippen LogP contribution >= 0.6 is 0 Å². The van der Waals surface area contributed by atoms with Gasteiger partial charge in [-0.3, -0.25) is 13.9 Å². The molecule has 3 rings (SSSR count). The molecule has 2 amide bonds. The summed E-state index contributed by atoms with van der Waals surface area (Å²) in [6, 6.07) is 19.8. The second kappa shape index (κ2) is 13.5. The first-order chi connectivity index (χ1) is 18.9. The summed E-state index contributed by atoms with van der Waals surface area (Å²) in [5.41, 5.74) is 3.16. The number of nitrogens with zero attached hydrogens (tertiary/aromatic N) is 2. The molecule has 0 aliphatic heterocycles. The third-order valence-electron chi connectivity index (χ3n) is 6.36. The van der Waals surface area contributed by atoms with E-state index in [0.717, 1.165) is 21.0 Å². The van der Waals surface area contributed by atoms with Crippen LogP contribution in [0.4, 0.5) is 5.69 Å². The number of nitrogens with one attached hydrogen (secondary N) is 1. The number of hydrogen-bond acceptors (Lipinski definition) is 5. The molecule has 0 saturated carbocycles. The summed E-state index contributed by atoms with van der Waals surface area (Å²) in [5.74, 6) is -0.260. The van der Waals surface area contributed by atoms with Crippen LogP contribution < -0.4 is 14.4 Å². The minimum Gasteiger partial charge on any atom is -0.494 e. The number of hydrogen-bond donors (Lipinski definition) is 1. The molecule has 9 heteroatoms. The predicted molar refractivity (Wildman–Crippen MR) is 158 cm³/mol. The number of anilines is 1. The van der Waals surface area contributed by atoms with Crippen molar-refractivity contribution in [1.82, 2.24) is 10.2 Å². The number of rotatable bonds is 12. The van der Waals surface area contributed by atoms with Crippen LogP contribution in [0, 0.1) is 13.8 Å². The number of carbonyl (C=O) groups excluding carboxylic acids is 2. The predicted octanol–water partition coefficient (Wildman–Crippen LogP) is 4.84. The third kappa shape index (κ3) is 7.85. The maximum atomic E-state index is 14.0. The van der Waals surface area contributed by atoms with E-state index in [0.29, 0.717) is 18.0 Å². The lowest BCUT2D eigenvalue weighted by Crippen LogP contribution is -2.52. The van der Waals surface area contributed by atoms with Crippen molar-refractivity contribution in [1.29, 1.82) is 0 Å². The van der Waals surface area contributed by atoms with Gasteiger partial charge >= 0.3 is 0 Å². The average Bonchev–Trinajstić information content (AvgIpc) is 2.90. The molecule has 1 N–H and O–H groups in total. The third-order valence-corrected chi connectivity index (χ3v) is 8.15. The summed E-state index contributed by atoms with van der Waals surface area (Å²) in [6.07, 6.45) is 0. The zero-order valence-corrected chi connectivity index (χ0v) is 24.9. The second-order valence-corrected chi connectivity index (χ2v) is 12.0. The van der Waals surface area contributed by atoms with Gasteiger partial charge in [0.05, 0.1) is 17.2 Å². The summed E-state index contributed by atoms with van der Waals surface area (Å²) in [4.78, 5) is 28.4. The van der Waals surface area contributed by atoms with Gasteiger partial charge in [-0.1, -0.05) is 47.5 Å². The molecular formula is C31H39N3O5S. The van der Waals surface area contributed by atoms with Gasteiger partial charge in [0.1, 0.15) is 18.3 Å². The fourth-order valence-electron chi connectivity index (χ4n) is 4.24. The van der Waals surface area contributed by atoms with Crippen molar-refractivity contribution in [2.24, 2.45) is 0 Å². The number of carbonyl (C=O) groups is 2. The van der Waals surface area contributed by atoms with Gasteiger partial charge < -0.3 is 15.0 Å². The maximum Gasteiger partial charge on any atom is 0.264 e. The Balaban J connectivity index is 2.02. The second-order valence-electron chi connectivity index (χ2n) is 10.1. The van der Waals surface area contributed by atoms with E-state index < -0.39 is 28.5 Å². The average molecular weight is 566 g/mol. The first-order valence-corrected chi connectivity index (χ1v) is 14.8. The minimum absolute atomic E-state index is 0.0279. The molecule has 3 aromatic carbocycles. The molecule has 0 aliphatic carbocycles. The molecule has 0 aliphatic rings. The van der Waals surface area contributed by atoms with Crippen LogP contribution in [-0.2, 0) is 26.2 Å². The monoisotopic (exact) mass is 565 g/mol. The highest BCUT2D eigenvalue weighted by molar-refractivity contribution is 7.92. The Kier molecular flexibility index (Phi) is 10.3. The van der Waals surface area contributed by atoms with Crippen molar-refractivity contribution in [3.8, 4) is 5.75 Å². The minimum atomic E-state index is -4.14. The van der Waals surface area contributed by atoms with E-state index >= 15 is 0 Å². The van der Waals surface area contributed by atoms with Gasteiger partial charge in [0.25, 0.3) is 10.0 Å². The number of aryl methyl sites for hydroxylation is 2. The molecule has 0 saturated heterocycles. The van der Waals surface area contributed by atoms with Gasteiger partial charge in [-0.15, -0.1) is 0 Å².